The average molecular weight is 521 g/mol. The van der Waals surface area contributed by atoms with Gasteiger partial charge in [0, 0.05) is 23.6 Å². The molecule has 0 saturated heterocycles. The Morgan fingerprint density at radius 3 is 1.53 bits per heavy atom. The van der Waals surface area contributed by atoms with Crippen LogP contribution in [0.4, 0.5) is 11.4 Å². The van der Waals surface area contributed by atoms with Gasteiger partial charge in [0.05, 0.1) is 25.3 Å². The summed E-state index contributed by atoms with van der Waals surface area (Å²) in [7, 11) is 3.07. The molecule has 0 fully saturated rings. The fourth-order valence-electron chi connectivity index (χ4n) is 3.96. The lowest BCUT2D eigenvalue weighted by molar-refractivity contribution is -0.119. The minimum Gasteiger partial charge on any atom is -0.497 e. The lowest BCUT2D eigenvalue weighted by Gasteiger charge is -1.99. The molecule has 0 aliphatic rings. The van der Waals surface area contributed by atoms with Crippen LogP contribution in [0.3, 0.4) is 0 Å². The van der Waals surface area contributed by atoms with Gasteiger partial charge in [-0.2, -0.15) is 0 Å². The van der Waals surface area contributed by atoms with Crippen LogP contribution >= 0.6 is 0 Å². The van der Waals surface area contributed by atoms with Crippen LogP contribution in [0, 0.1) is 0 Å². The van der Waals surface area contributed by atoms with Crippen LogP contribution < -0.4 is 9.47 Å². The van der Waals surface area contributed by atoms with Gasteiger partial charge in [-0.15, -0.1) is 20.5 Å². The van der Waals surface area contributed by atoms with Gasteiger partial charge in [-0.1, -0.05) is 12.8 Å². The number of nitrogens with zero attached hydrogens (tertiary/aromatic N) is 4. The number of hydrogen-bond acceptors (Lipinski definition) is 8. The van der Waals surface area contributed by atoms with Crippen LogP contribution in [0.1, 0.15) is 38.5 Å². The highest BCUT2D eigenvalue weighted by Crippen LogP contribution is 2.38. The maximum absolute atomic E-state index is 12.1. The number of azo groups is 2. The van der Waals surface area contributed by atoms with E-state index in [-0.39, 0.29) is 36.0 Å². The summed E-state index contributed by atoms with van der Waals surface area (Å²) in [6.07, 6.45) is 3.03. The number of methoxy groups -OCH3 is 2. The molecule has 0 bridgehead atoms. The summed E-state index contributed by atoms with van der Waals surface area (Å²) in [6.45, 7) is 0. The van der Waals surface area contributed by atoms with Gasteiger partial charge in [0.1, 0.15) is 11.5 Å². The molecule has 0 unspecified atom stereocenters. The number of H-pyrrole nitrogens is 2. The van der Waals surface area contributed by atoms with E-state index in [1.165, 1.54) is 14.2 Å². The number of rotatable bonds is 11. The Morgan fingerprint density at radius 2 is 1.13 bits per heavy atom. The lowest BCUT2D eigenvalue weighted by Crippen LogP contribution is -1.94. The Balaban J connectivity index is 1.20. The molecule has 4 aromatic rings. The maximum atomic E-state index is 12.1. The predicted molar refractivity (Wildman–Crippen MR) is 140 cm³/mol. The molecular formula is C26H28N6O6. The molecule has 12 heteroatoms. The van der Waals surface area contributed by atoms with Crippen molar-refractivity contribution in [1.29, 1.82) is 0 Å². The summed E-state index contributed by atoms with van der Waals surface area (Å²) < 4.78 is 10.4. The molecule has 2 aromatic carbocycles. The molecule has 0 aliphatic carbocycles. The molecule has 12 nitrogen and oxygen atoms in total. The van der Waals surface area contributed by atoms with Crippen molar-refractivity contribution in [3.63, 3.8) is 0 Å². The predicted octanol–water partition coefficient (Wildman–Crippen LogP) is 6.34. The quantitative estimate of drug-likeness (QED) is 0.133. The Bertz CT molecular complexity index is 1410. The topological polar surface area (TPSA) is 174 Å². The van der Waals surface area contributed by atoms with E-state index in [1.807, 2.05) is 0 Å². The third-order valence-corrected chi connectivity index (χ3v) is 5.97. The number of fused-ring (bicyclic) bond motifs is 2. The number of amides is 2. The number of nitrogens with one attached hydrogen (secondary N) is 2. The van der Waals surface area contributed by atoms with Gasteiger partial charge >= 0.3 is 0 Å². The van der Waals surface area contributed by atoms with Crippen LogP contribution in [0.5, 0.6) is 23.3 Å². The van der Waals surface area contributed by atoms with Gasteiger partial charge in [-0.25, -0.2) is 0 Å². The van der Waals surface area contributed by atoms with Crippen molar-refractivity contribution in [3.8, 4) is 23.3 Å². The Labute approximate surface area is 217 Å². The van der Waals surface area contributed by atoms with Crippen LogP contribution in [0.25, 0.3) is 21.8 Å². The third-order valence-electron chi connectivity index (χ3n) is 5.97. The second-order valence-corrected chi connectivity index (χ2v) is 8.57. The Kier molecular flexibility index (Phi) is 8.31. The highest BCUT2D eigenvalue weighted by molar-refractivity contribution is 5.96. The normalized spacial score (nSPS) is 11.7. The molecule has 2 heterocycles. The van der Waals surface area contributed by atoms with Crippen molar-refractivity contribution < 1.29 is 29.3 Å². The maximum Gasteiger partial charge on any atom is 0.264 e. The van der Waals surface area contributed by atoms with E-state index < -0.39 is 11.8 Å². The minimum absolute atomic E-state index is 0.175. The standard InChI is InChI=1S/C26H28N6O6/c1-37-15-9-11-19-17(13-15)23(25(35)27-19)31-29-21(33)7-5-3-4-6-8-22(34)30-32-24-18-14-16(38-2)10-12-20(18)28-26(24)36/h9-14,27-28,35-36H,3-8H2,1-2H3. The first kappa shape index (κ1) is 26.3. The first-order valence-corrected chi connectivity index (χ1v) is 12.1. The van der Waals surface area contributed by atoms with Crippen molar-refractivity contribution in [2.75, 3.05) is 14.2 Å². The molecule has 4 rings (SSSR count). The summed E-state index contributed by atoms with van der Waals surface area (Å²) >= 11 is 0. The number of benzene rings is 2. The second-order valence-electron chi connectivity index (χ2n) is 8.57. The SMILES string of the molecule is COc1ccc2[nH]c(O)c(N=NC(=O)CCCCCCC(=O)N=Nc3c(O)[nH]c4ccc(OC)cc34)c2c1. The molecule has 0 saturated carbocycles. The number of hydrogen-bond donors (Lipinski definition) is 4. The van der Waals surface area contributed by atoms with Gasteiger partial charge in [0.25, 0.3) is 11.8 Å². The lowest BCUT2D eigenvalue weighted by atomic mass is 10.1. The number of carbonyl (C=O) groups excluding carboxylic acids is 2. The van der Waals surface area contributed by atoms with E-state index >= 15 is 0 Å². The fourth-order valence-corrected chi connectivity index (χ4v) is 3.96. The van der Waals surface area contributed by atoms with Gasteiger partial charge < -0.3 is 29.7 Å². The van der Waals surface area contributed by atoms with E-state index in [0.29, 0.717) is 46.1 Å². The number of carbonyl (C=O) groups is 2. The first-order valence-electron chi connectivity index (χ1n) is 12.1. The molecule has 0 spiro atoms. The van der Waals surface area contributed by atoms with E-state index in [0.717, 1.165) is 12.8 Å². The van der Waals surface area contributed by atoms with E-state index in [9.17, 15) is 19.8 Å². The molecule has 2 aromatic heterocycles. The van der Waals surface area contributed by atoms with Crippen molar-refractivity contribution in [2.24, 2.45) is 20.5 Å². The van der Waals surface area contributed by atoms with E-state index in [4.69, 9.17) is 9.47 Å². The zero-order valence-electron chi connectivity index (χ0n) is 21.0. The molecule has 198 valence electrons. The van der Waals surface area contributed by atoms with Crippen LogP contribution in [0.15, 0.2) is 56.9 Å². The molecule has 38 heavy (non-hydrogen) atoms. The van der Waals surface area contributed by atoms with Crippen molar-refractivity contribution in [3.05, 3.63) is 36.4 Å². The number of aromatic hydroxyl groups is 2. The van der Waals surface area contributed by atoms with Gasteiger partial charge in [-0.3, -0.25) is 9.59 Å². The van der Waals surface area contributed by atoms with Crippen molar-refractivity contribution >= 4 is 45.0 Å². The van der Waals surface area contributed by atoms with Crippen LogP contribution in [-0.4, -0.2) is 46.2 Å². The summed E-state index contributed by atoms with van der Waals surface area (Å²) in [5.41, 5.74) is 1.66. The molecule has 0 radical (unpaired) electrons. The number of ether oxygens (including phenoxy) is 2. The molecule has 4 N–H and O–H groups in total. The average Bonchev–Trinajstić information content (AvgIpc) is 3.41. The zero-order valence-corrected chi connectivity index (χ0v) is 21.0. The number of aromatic amines is 2. The monoisotopic (exact) mass is 520 g/mol. The molecule has 0 atom stereocenters. The van der Waals surface area contributed by atoms with Gasteiger partial charge in [0.2, 0.25) is 11.8 Å². The van der Waals surface area contributed by atoms with E-state index in [1.54, 1.807) is 36.4 Å². The van der Waals surface area contributed by atoms with Gasteiger partial charge in [0.15, 0.2) is 11.4 Å². The second kappa shape index (κ2) is 12.0. The fraction of sp³-hybridized carbons (Fsp3) is 0.308. The Hall–Kier alpha value is -4.74. The summed E-state index contributed by atoms with van der Waals surface area (Å²) in [6, 6.07) is 10.4. The van der Waals surface area contributed by atoms with Crippen LogP contribution in [0.2, 0.25) is 0 Å². The van der Waals surface area contributed by atoms with E-state index in [2.05, 4.69) is 30.4 Å². The largest absolute Gasteiger partial charge is 0.497 e. The number of unbranched alkanes of at least 4 members (excludes halogenated alkanes) is 3. The summed E-state index contributed by atoms with van der Waals surface area (Å²) in [5, 5.41) is 36.7. The van der Waals surface area contributed by atoms with Crippen LogP contribution in [-0.2, 0) is 9.59 Å². The van der Waals surface area contributed by atoms with Crippen molar-refractivity contribution in [2.45, 2.75) is 38.5 Å². The first-order chi connectivity index (χ1) is 18.4. The zero-order chi connectivity index (χ0) is 27.1. The van der Waals surface area contributed by atoms with Crippen molar-refractivity contribution in [1.82, 2.24) is 9.97 Å². The summed E-state index contributed by atoms with van der Waals surface area (Å²) in [5.74, 6) is 0.0351. The van der Waals surface area contributed by atoms with Gasteiger partial charge in [-0.05, 0) is 49.2 Å². The smallest absolute Gasteiger partial charge is 0.264 e. The Morgan fingerprint density at radius 1 is 0.711 bits per heavy atom. The molecule has 0 aliphatic heterocycles. The number of aromatic nitrogens is 2. The summed E-state index contributed by atoms with van der Waals surface area (Å²) in [4.78, 5) is 29.8. The highest BCUT2D eigenvalue weighted by atomic mass is 16.5. The highest BCUT2D eigenvalue weighted by Gasteiger charge is 2.13. The molecule has 2 amide bonds. The minimum atomic E-state index is -0.401. The molecular weight excluding hydrogens is 492 g/mol. The third kappa shape index (κ3) is 6.14.